The third-order valence-corrected chi connectivity index (χ3v) is 4.95. The molecular formula is C15H18N8O2S. The van der Waals surface area contributed by atoms with Crippen LogP contribution in [0, 0.1) is 13.8 Å². The summed E-state index contributed by atoms with van der Waals surface area (Å²) in [6.07, 6.45) is 1.50. The third-order valence-electron chi connectivity index (χ3n) is 4.14. The minimum Gasteiger partial charge on any atom is -0.416 e. The molecule has 4 rings (SSSR count). The molecule has 26 heavy (non-hydrogen) atoms. The van der Waals surface area contributed by atoms with Crippen molar-refractivity contribution in [3.05, 3.63) is 24.0 Å². The number of nitrogens with zero attached hydrogens (tertiary/aromatic N) is 8. The molecule has 0 unspecified atom stereocenters. The average molecular weight is 374 g/mol. The van der Waals surface area contributed by atoms with Gasteiger partial charge < -0.3 is 14.2 Å². The standard InChI is InChI=1S/C15H18N8O2S/c1-10-7-12(23-14(18-10)16-9-17-23)21-3-5-22(6-4-21)13(24)8-26-15-20-19-11(2)25-15/h7,9H,3-6,8H2,1-2H3. The van der Waals surface area contributed by atoms with Crippen LogP contribution in [-0.4, -0.2) is 72.5 Å². The van der Waals surface area contributed by atoms with Gasteiger partial charge in [-0.1, -0.05) is 11.8 Å². The van der Waals surface area contributed by atoms with Crippen molar-refractivity contribution in [1.29, 1.82) is 0 Å². The van der Waals surface area contributed by atoms with Gasteiger partial charge in [0.25, 0.3) is 11.0 Å². The number of carbonyl (C=O) groups is 1. The van der Waals surface area contributed by atoms with Crippen LogP contribution in [0.5, 0.6) is 0 Å². The molecule has 1 aliphatic rings. The topological polar surface area (TPSA) is 106 Å². The summed E-state index contributed by atoms with van der Waals surface area (Å²) in [5.41, 5.74) is 0.894. The number of rotatable bonds is 4. The summed E-state index contributed by atoms with van der Waals surface area (Å²) in [7, 11) is 0. The largest absolute Gasteiger partial charge is 0.416 e. The first-order valence-electron chi connectivity index (χ1n) is 8.23. The van der Waals surface area contributed by atoms with Crippen LogP contribution < -0.4 is 4.90 Å². The van der Waals surface area contributed by atoms with Gasteiger partial charge in [-0.05, 0) is 6.92 Å². The van der Waals surface area contributed by atoms with Gasteiger partial charge in [-0.2, -0.15) is 14.6 Å². The Bertz CT molecular complexity index is 931. The van der Waals surface area contributed by atoms with E-state index in [4.69, 9.17) is 4.42 Å². The van der Waals surface area contributed by atoms with Crippen molar-refractivity contribution in [2.24, 2.45) is 0 Å². The lowest BCUT2D eigenvalue weighted by Crippen LogP contribution is -2.49. The number of hydrogen-bond donors (Lipinski definition) is 0. The second-order valence-corrected chi connectivity index (χ2v) is 6.90. The van der Waals surface area contributed by atoms with Gasteiger partial charge in [0.1, 0.15) is 12.1 Å². The molecule has 0 saturated carbocycles. The minimum absolute atomic E-state index is 0.0716. The number of aryl methyl sites for hydroxylation is 2. The molecular weight excluding hydrogens is 356 g/mol. The summed E-state index contributed by atoms with van der Waals surface area (Å²) < 4.78 is 7.02. The van der Waals surface area contributed by atoms with Crippen LogP contribution in [0.2, 0.25) is 0 Å². The third kappa shape index (κ3) is 3.34. The van der Waals surface area contributed by atoms with Gasteiger partial charge in [0.05, 0.1) is 5.75 Å². The highest BCUT2D eigenvalue weighted by atomic mass is 32.2. The molecule has 1 saturated heterocycles. The molecule has 136 valence electrons. The van der Waals surface area contributed by atoms with Crippen molar-refractivity contribution in [3.8, 4) is 0 Å². The summed E-state index contributed by atoms with van der Waals surface area (Å²) >= 11 is 1.27. The molecule has 0 atom stereocenters. The zero-order valence-corrected chi connectivity index (χ0v) is 15.3. The van der Waals surface area contributed by atoms with Crippen molar-refractivity contribution in [2.75, 3.05) is 36.8 Å². The van der Waals surface area contributed by atoms with Crippen LogP contribution in [0.25, 0.3) is 5.78 Å². The number of hydrogen-bond acceptors (Lipinski definition) is 9. The lowest BCUT2D eigenvalue weighted by Gasteiger charge is -2.35. The van der Waals surface area contributed by atoms with Crippen LogP contribution in [0.15, 0.2) is 22.0 Å². The first-order valence-corrected chi connectivity index (χ1v) is 9.22. The number of carbonyl (C=O) groups excluding carboxylic acids is 1. The fourth-order valence-corrected chi connectivity index (χ4v) is 3.58. The van der Waals surface area contributed by atoms with Crippen molar-refractivity contribution >= 4 is 29.3 Å². The summed E-state index contributed by atoms with van der Waals surface area (Å²) in [4.78, 5) is 25.0. The lowest BCUT2D eigenvalue weighted by molar-refractivity contribution is -0.128. The summed E-state index contributed by atoms with van der Waals surface area (Å²) in [6.45, 7) is 6.43. The first-order chi connectivity index (χ1) is 12.6. The van der Waals surface area contributed by atoms with Gasteiger partial charge in [-0.25, -0.2) is 4.98 Å². The quantitative estimate of drug-likeness (QED) is 0.606. The smallest absolute Gasteiger partial charge is 0.277 e. The van der Waals surface area contributed by atoms with Crippen molar-refractivity contribution in [2.45, 2.75) is 19.1 Å². The lowest BCUT2D eigenvalue weighted by atomic mass is 10.3. The molecule has 0 aliphatic carbocycles. The van der Waals surface area contributed by atoms with Crippen molar-refractivity contribution in [1.82, 2.24) is 34.7 Å². The predicted molar refractivity (Wildman–Crippen MR) is 94.1 cm³/mol. The molecule has 11 heteroatoms. The van der Waals surface area contributed by atoms with Gasteiger partial charge in [-0.15, -0.1) is 10.2 Å². The van der Waals surface area contributed by atoms with E-state index < -0.39 is 0 Å². The average Bonchev–Trinajstić information content (AvgIpc) is 3.27. The number of fused-ring (bicyclic) bond motifs is 1. The molecule has 1 aliphatic heterocycles. The highest BCUT2D eigenvalue weighted by Crippen LogP contribution is 2.20. The Labute approximate surface area is 153 Å². The predicted octanol–water partition coefficient (Wildman–Crippen LogP) is 0.565. The summed E-state index contributed by atoms with van der Waals surface area (Å²) in [5.74, 6) is 2.41. The Balaban J connectivity index is 1.37. The number of anilines is 1. The molecule has 3 aromatic rings. The molecule has 0 N–H and O–H groups in total. The van der Waals surface area contributed by atoms with E-state index in [2.05, 4.69) is 30.2 Å². The van der Waals surface area contributed by atoms with E-state index in [0.29, 0.717) is 35.7 Å². The number of aromatic nitrogens is 6. The van der Waals surface area contributed by atoms with E-state index in [1.54, 1.807) is 11.4 Å². The maximum atomic E-state index is 12.4. The zero-order valence-electron chi connectivity index (χ0n) is 14.5. The fourth-order valence-electron chi connectivity index (χ4n) is 2.87. The Morgan fingerprint density at radius 2 is 2.04 bits per heavy atom. The molecule has 3 aromatic heterocycles. The maximum Gasteiger partial charge on any atom is 0.277 e. The monoisotopic (exact) mass is 374 g/mol. The van der Waals surface area contributed by atoms with Crippen LogP contribution in [0.1, 0.15) is 11.6 Å². The van der Waals surface area contributed by atoms with Crippen LogP contribution in [0.3, 0.4) is 0 Å². The van der Waals surface area contributed by atoms with E-state index >= 15 is 0 Å². The first kappa shape index (κ1) is 16.8. The Hall–Kier alpha value is -2.69. The Morgan fingerprint density at radius 3 is 2.77 bits per heavy atom. The second kappa shape index (κ2) is 6.90. The maximum absolute atomic E-state index is 12.4. The number of thioether (sulfide) groups is 1. The van der Waals surface area contributed by atoms with E-state index in [0.717, 1.165) is 24.6 Å². The highest BCUT2D eigenvalue weighted by Gasteiger charge is 2.23. The fraction of sp³-hybridized carbons (Fsp3) is 0.467. The SMILES string of the molecule is Cc1cc(N2CCN(C(=O)CSc3nnc(C)o3)CC2)n2ncnc2n1. The number of piperazine rings is 1. The van der Waals surface area contributed by atoms with Gasteiger partial charge in [0.15, 0.2) is 0 Å². The molecule has 0 spiro atoms. The summed E-state index contributed by atoms with van der Waals surface area (Å²) in [5, 5.41) is 12.3. The molecule has 4 heterocycles. The molecule has 10 nitrogen and oxygen atoms in total. The molecule has 1 fully saturated rings. The Kier molecular flexibility index (Phi) is 4.45. The molecule has 0 bridgehead atoms. The summed E-state index contributed by atoms with van der Waals surface area (Å²) in [6, 6.07) is 1.99. The van der Waals surface area contributed by atoms with Crippen molar-refractivity contribution < 1.29 is 9.21 Å². The van der Waals surface area contributed by atoms with Crippen LogP contribution in [-0.2, 0) is 4.79 Å². The molecule has 0 aromatic carbocycles. The van der Waals surface area contributed by atoms with Gasteiger partial charge >= 0.3 is 0 Å². The molecule has 1 amide bonds. The van der Waals surface area contributed by atoms with Gasteiger partial charge in [-0.3, -0.25) is 4.79 Å². The van der Waals surface area contributed by atoms with Crippen LogP contribution in [0.4, 0.5) is 5.82 Å². The van der Waals surface area contributed by atoms with E-state index in [1.165, 1.54) is 18.1 Å². The van der Waals surface area contributed by atoms with E-state index in [9.17, 15) is 4.79 Å². The Morgan fingerprint density at radius 1 is 1.23 bits per heavy atom. The normalized spacial score (nSPS) is 15.0. The number of amides is 1. The highest BCUT2D eigenvalue weighted by molar-refractivity contribution is 7.99. The molecule has 0 radical (unpaired) electrons. The van der Waals surface area contributed by atoms with Crippen LogP contribution >= 0.6 is 11.8 Å². The van der Waals surface area contributed by atoms with Gasteiger partial charge in [0, 0.05) is 44.9 Å². The second-order valence-electron chi connectivity index (χ2n) is 5.97. The minimum atomic E-state index is 0.0716. The van der Waals surface area contributed by atoms with E-state index in [-0.39, 0.29) is 5.91 Å². The van der Waals surface area contributed by atoms with Gasteiger partial charge in [0.2, 0.25) is 11.8 Å². The zero-order chi connectivity index (χ0) is 18.1. The van der Waals surface area contributed by atoms with E-state index in [1.807, 2.05) is 17.9 Å². The van der Waals surface area contributed by atoms with Crippen molar-refractivity contribution in [3.63, 3.8) is 0 Å².